The third-order valence-electron chi connectivity index (χ3n) is 1.66. The molecule has 0 radical (unpaired) electrons. The highest BCUT2D eigenvalue weighted by Gasteiger charge is 1.97. The number of hydrogen-bond donors (Lipinski definition) is 0. The van der Waals surface area contributed by atoms with Crippen LogP contribution in [0.2, 0.25) is 0 Å². The van der Waals surface area contributed by atoms with Crippen molar-refractivity contribution in [2.45, 2.75) is 0 Å². The molecule has 86 valence electrons. The van der Waals surface area contributed by atoms with Crippen LogP contribution in [0, 0.1) is 0 Å². The zero-order valence-electron chi connectivity index (χ0n) is 8.57. The lowest BCUT2D eigenvalue weighted by Gasteiger charge is -1.99. The molecule has 0 aliphatic carbocycles. The van der Waals surface area contributed by atoms with Crippen molar-refractivity contribution in [2.24, 2.45) is 0 Å². The first kappa shape index (κ1) is 13.3. The molecule has 0 atom stereocenters. The van der Waals surface area contributed by atoms with E-state index in [1.807, 2.05) is 24.3 Å². The van der Waals surface area contributed by atoms with Gasteiger partial charge in [-0.1, -0.05) is 37.9 Å². The van der Waals surface area contributed by atoms with Crippen LogP contribution in [0.1, 0.15) is 5.56 Å². The number of ether oxygens (including phenoxy) is 2. The summed E-state index contributed by atoms with van der Waals surface area (Å²) in [5, 5.41) is 0. The average Bonchev–Trinajstić information content (AvgIpc) is 2.22. The van der Waals surface area contributed by atoms with E-state index < -0.39 is 6.16 Å². The van der Waals surface area contributed by atoms with Gasteiger partial charge in [0, 0.05) is 8.95 Å². The van der Waals surface area contributed by atoms with Crippen LogP contribution in [0.25, 0.3) is 6.08 Å². The van der Waals surface area contributed by atoms with Crippen molar-refractivity contribution < 1.29 is 14.3 Å². The largest absolute Gasteiger partial charge is 0.508 e. The van der Waals surface area contributed by atoms with Crippen LogP contribution < -0.4 is 0 Å². The summed E-state index contributed by atoms with van der Waals surface area (Å²) in [5.74, 6) is 0. The van der Waals surface area contributed by atoms with E-state index in [1.165, 1.54) is 7.11 Å². The average molecular weight is 350 g/mol. The summed E-state index contributed by atoms with van der Waals surface area (Å²) in [7, 11) is 1.28. The summed E-state index contributed by atoms with van der Waals surface area (Å²) < 4.78 is 11.0. The second-order valence-corrected chi connectivity index (χ2v) is 4.70. The first-order chi connectivity index (χ1) is 7.61. The summed E-state index contributed by atoms with van der Waals surface area (Å²) >= 11 is 6.77. The van der Waals surface area contributed by atoms with Crippen molar-refractivity contribution in [1.29, 1.82) is 0 Å². The van der Waals surface area contributed by atoms with Crippen LogP contribution in [0.4, 0.5) is 4.79 Å². The molecule has 0 amide bonds. The topological polar surface area (TPSA) is 35.5 Å². The Hall–Kier alpha value is -0.810. The minimum Gasteiger partial charge on any atom is -0.438 e. The molecule has 0 fully saturated rings. The zero-order valence-corrected chi connectivity index (χ0v) is 11.7. The number of methoxy groups -OCH3 is 1. The van der Waals surface area contributed by atoms with Gasteiger partial charge in [0.1, 0.15) is 6.61 Å². The summed E-state index contributed by atoms with van der Waals surface area (Å²) in [5.41, 5.74) is 1.01. The van der Waals surface area contributed by atoms with Crippen LogP contribution in [0.3, 0.4) is 0 Å². The molecule has 1 aromatic carbocycles. The van der Waals surface area contributed by atoms with E-state index in [9.17, 15) is 4.79 Å². The summed E-state index contributed by atoms with van der Waals surface area (Å²) in [6, 6.07) is 5.86. The molecular formula is C11H10Br2O3. The molecule has 0 aliphatic rings. The first-order valence-electron chi connectivity index (χ1n) is 4.45. The number of carbonyl (C=O) groups is 1. The molecule has 0 unspecified atom stereocenters. The number of carbonyl (C=O) groups excluding carboxylic acids is 1. The second kappa shape index (κ2) is 6.70. The van der Waals surface area contributed by atoms with Crippen LogP contribution in [-0.2, 0) is 9.47 Å². The van der Waals surface area contributed by atoms with Crippen molar-refractivity contribution in [3.63, 3.8) is 0 Å². The molecule has 1 rings (SSSR count). The lowest BCUT2D eigenvalue weighted by Crippen LogP contribution is -2.03. The van der Waals surface area contributed by atoms with Crippen LogP contribution >= 0.6 is 31.9 Å². The Morgan fingerprint density at radius 1 is 1.31 bits per heavy atom. The molecular weight excluding hydrogens is 340 g/mol. The molecule has 0 N–H and O–H groups in total. The first-order valence-corrected chi connectivity index (χ1v) is 6.04. The predicted octanol–water partition coefficient (Wildman–Crippen LogP) is 4.01. The molecule has 3 nitrogen and oxygen atoms in total. The third kappa shape index (κ3) is 4.81. The van der Waals surface area contributed by atoms with Crippen LogP contribution in [0.15, 0.2) is 33.2 Å². The Morgan fingerprint density at radius 2 is 1.94 bits per heavy atom. The molecule has 0 saturated carbocycles. The van der Waals surface area contributed by atoms with E-state index in [0.717, 1.165) is 14.5 Å². The maximum atomic E-state index is 10.6. The van der Waals surface area contributed by atoms with Crippen molar-refractivity contribution in [3.8, 4) is 0 Å². The van der Waals surface area contributed by atoms with Gasteiger partial charge in [-0.2, -0.15) is 0 Å². The van der Waals surface area contributed by atoms with E-state index in [-0.39, 0.29) is 6.61 Å². The maximum Gasteiger partial charge on any atom is 0.508 e. The smallest absolute Gasteiger partial charge is 0.438 e. The third-order valence-corrected chi connectivity index (χ3v) is 2.57. The normalized spacial score (nSPS) is 10.4. The Morgan fingerprint density at radius 3 is 2.50 bits per heavy atom. The molecule has 5 heteroatoms. The lowest BCUT2D eigenvalue weighted by atomic mass is 10.2. The number of halogens is 2. The lowest BCUT2D eigenvalue weighted by molar-refractivity contribution is 0.0819. The van der Waals surface area contributed by atoms with Gasteiger partial charge in [-0.3, -0.25) is 0 Å². The fraction of sp³-hybridized carbons (Fsp3) is 0.182. The van der Waals surface area contributed by atoms with Gasteiger partial charge < -0.3 is 9.47 Å². The van der Waals surface area contributed by atoms with Crippen molar-refractivity contribution in [2.75, 3.05) is 13.7 Å². The molecule has 16 heavy (non-hydrogen) atoms. The maximum absolute atomic E-state index is 10.6. The highest BCUT2D eigenvalue weighted by Crippen LogP contribution is 2.20. The van der Waals surface area contributed by atoms with Gasteiger partial charge in [0.15, 0.2) is 0 Å². The highest BCUT2D eigenvalue weighted by atomic mass is 79.9. The van der Waals surface area contributed by atoms with Gasteiger partial charge in [0.25, 0.3) is 0 Å². The predicted molar refractivity (Wildman–Crippen MR) is 69.2 cm³/mol. The van der Waals surface area contributed by atoms with Gasteiger partial charge in [0.2, 0.25) is 0 Å². The fourth-order valence-corrected chi connectivity index (χ4v) is 2.36. The molecule has 0 aromatic heterocycles. The molecule has 0 spiro atoms. The second-order valence-electron chi connectivity index (χ2n) is 2.87. The van der Waals surface area contributed by atoms with E-state index in [4.69, 9.17) is 4.74 Å². The van der Waals surface area contributed by atoms with Gasteiger partial charge in [0.05, 0.1) is 7.11 Å². The number of rotatable bonds is 3. The van der Waals surface area contributed by atoms with Crippen LogP contribution in [0.5, 0.6) is 0 Å². The summed E-state index contributed by atoms with van der Waals surface area (Å²) in [6.07, 6.45) is 2.92. The Balaban J connectivity index is 2.53. The minimum atomic E-state index is -0.680. The molecule has 0 heterocycles. The minimum absolute atomic E-state index is 0.191. The molecule has 0 aliphatic heterocycles. The van der Waals surface area contributed by atoms with Gasteiger partial charge in [-0.05, 0) is 29.8 Å². The SMILES string of the molecule is COC(=O)OC/C=C/c1cc(Br)cc(Br)c1. The quantitative estimate of drug-likeness (QED) is 0.773. The fourth-order valence-electron chi connectivity index (χ4n) is 1.03. The summed E-state index contributed by atoms with van der Waals surface area (Å²) in [6.45, 7) is 0.191. The zero-order chi connectivity index (χ0) is 12.0. The van der Waals surface area contributed by atoms with E-state index in [2.05, 4.69) is 36.6 Å². The number of benzene rings is 1. The molecule has 0 saturated heterocycles. The highest BCUT2D eigenvalue weighted by molar-refractivity contribution is 9.11. The van der Waals surface area contributed by atoms with Gasteiger partial charge in [-0.15, -0.1) is 0 Å². The van der Waals surface area contributed by atoms with E-state index in [0.29, 0.717) is 0 Å². The Labute approximate surface area is 111 Å². The van der Waals surface area contributed by atoms with E-state index in [1.54, 1.807) is 6.08 Å². The van der Waals surface area contributed by atoms with Crippen molar-refractivity contribution in [1.82, 2.24) is 0 Å². The van der Waals surface area contributed by atoms with Crippen LogP contribution in [-0.4, -0.2) is 19.9 Å². The molecule has 0 bridgehead atoms. The van der Waals surface area contributed by atoms with E-state index >= 15 is 0 Å². The summed E-state index contributed by atoms with van der Waals surface area (Å²) in [4.78, 5) is 10.6. The van der Waals surface area contributed by atoms with Gasteiger partial charge >= 0.3 is 6.16 Å². The Bertz CT molecular complexity index is 382. The number of hydrogen-bond acceptors (Lipinski definition) is 3. The monoisotopic (exact) mass is 348 g/mol. The van der Waals surface area contributed by atoms with Crippen molar-refractivity contribution >= 4 is 44.1 Å². The Kier molecular flexibility index (Phi) is 5.55. The van der Waals surface area contributed by atoms with Crippen molar-refractivity contribution in [3.05, 3.63) is 38.8 Å². The molecule has 1 aromatic rings. The van der Waals surface area contributed by atoms with Gasteiger partial charge in [-0.25, -0.2) is 4.79 Å². The standard InChI is InChI=1S/C11H10Br2O3/c1-15-11(14)16-4-2-3-8-5-9(12)7-10(13)6-8/h2-3,5-7H,4H2,1H3/b3-2+.